The summed E-state index contributed by atoms with van der Waals surface area (Å²) in [7, 11) is 0. The van der Waals surface area contributed by atoms with E-state index in [-0.39, 0.29) is 0 Å². The third-order valence-corrected chi connectivity index (χ3v) is 3.77. The van der Waals surface area contributed by atoms with Crippen LogP contribution >= 0.6 is 11.6 Å². The van der Waals surface area contributed by atoms with Crippen LogP contribution in [0.2, 0.25) is 5.02 Å². The van der Waals surface area contributed by atoms with Crippen LogP contribution in [0.1, 0.15) is 37.0 Å². The van der Waals surface area contributed by atoms with Gasteiger partial charge in [0.2, 0.25) is 5.91 Å². The molecule has 98 valence electrons. The van der Waals surface area contributed by atoms with Gasteiger partial charge in [-0.15, -0.1) is 0 Å². The zero-order chi connectivity index (χ0) is 13.3. The van der Waals surface area contributed by atoms with Crippen molar-refractivity contribution in [1.29, 1.82) is 0 Å². The largest absolute Gasteiger partial charge is 0.366 e. The number of carbonyl (C=O) groups is 1. The quantitative estimate of drug-likeness (QED) is 0.895. The third kappa shape index (κ3) is 2.58. The summed E-state index contributed by atoms with van der Waals surface area (Å²) >= 11 is 6.21. The Labute approximate surface area is 112 Å². The topological polar surface area (TPSA) is 59.2 Å². The molecule has 0 aliphatic carbocycles. The lowest BCUT2D eigenvalue weighted by Crippen LogP contribution is -2.41. The number of nitrogens with two attached hydrogens (primary N) is 1. The fraction of sp³-hybridized carbons (Fsp3) is 0.538. The molecule has 2 atom stereocenters. The Kier molecular flexibility index (Phi) is 3.76. The molecule has 2 unspecified atom stereocenters. The number of carbonyl (C=O) groups excluding carboxylic acids is 1. The average Bonchev–Trinajstić information content (AvgIpc) is 2.32. The highest BCUT2D eigenvalue weighted by Crippen LogP contribution is 2.31. The Morgan fingerprint density at radius 1 is 1.50 bits per heavy atom. The van der Waals surface area contributed by atoms with Gasteiger partial charge in [-0.25, -0.2) is 4.98 Å². The second kappa shape index (κ2) is 5.14. The van der Waals surface area contributed by atoms with Crippen molar-refractivity contribution in [2.45, 2.75) is 32.7 Å². The number of piperidine rings is 1. The van der Waals surface area contributed by atoms with Gasteiger partial charge in [0.15, 0.2) is 0 Å². The molecule has 1 aliphatic heterocycles. The second-order valence-electron chi connectivity index (χ2n) is 5.08. The van der Waals surface area contributed by atoms with Crippen LogP contribution in [0.5, 0.6) is 0 Å². The van der Waals surface area contributed by atoms with E-state index in [0.717, 1.165) is 18.8 Å². The molecule has 0 bridgehead atoms. The molecule has 0 spiro atoms. The Bertz CT molecular complexity index is 464. The van der Waals surface area contributed by atoms with E-state index >= 15 is 0 Å². The van der Waals surface area contributed by atoms with Crippen molar-refractivity contribution < 1.29 is 4.79 Å². The lowest BCUT2D eigenvalue weighted by molar-refractivity contribution is 0.1000. The van der Waals surface area contributed by atoms with Crippen LogP contribution in [0.25, 0.3) is 0 Å². The molecule has 0 saturated carbocycles. The van der Waals surface area contributed by atoms with Crippen LogP contribution in [0.15, 0.2) is 12.3 Å². The number of nitrogens with zero attached hydrogens (tertiary/aromatic N) is 2. The maximum absolute atomic E-state index is 11.1. The van der Waals surface area contributed by atoms with Gasteiger partial charge in [0.1, 0.15) is 5.82 Å². The first kappa shape index (κ1) is 13.1. The molecule has 5 heteroatoms. The molecule has 1 fully saturated rings. The molecular weight excluding hydrogens is 250 g/mol. The smallest absolute Gasteiger partial charge is 0.250 e. The summed E-state index contributed by atoms with van der Waals surface area (Å²) in [6, 6.07) is 2.02. The molecule has 2 N–H and O–H groups in total. The number of hydrogen-bond acceptors (Lipinski definition) is 3. The molecule has 1 aliphatic rings. The van der Waals surface area contributed by atoms with Gasteiger partial charge in [-0.2, -0.15) is 0 Å². The predicted molar refractivity (Wildman–Crippen MR) is 73.0 cm³/mol. The van der Waals surface area contributed by atoms with Gasteiger partial charge in [-0.1, -0.05) is 18.5 Å². The number of primary amides is 1. The second-order valence-corrected chi connectivity index (χ2v) is 5.48. The summed E-state index contributed by atoms with van der Waals surface area (Å²) in [4.78, 5) is 17.6. The number of halogens is 1. The minimum absolute atomic E-state index is 0.349. The van der Waals surface area contributed by atoms with Gasteiger partial charge in [-0.3, -0.25) is 4.79 Å². The van der Waals surface area contributed by atoms with Gasteiger partial charge in [0, 0.05) is 18.8 Å². The van der Waals surface area contributed by atoms with Crippen molar-refractivity contribution in [2.75, 3.05) is 11.4 Å². The van der Waals surface area contributed by atoms with Gasteiger partial charge in [0.05, 0.1) is 10.6 Å². The molecule has 0 radical (unpaired) electrons. The van der Waals surface area contributed by atoms with Crippen LogP contribution in [0.3, 0.4) is 0 Å². The first-order valence-corrected chi connectivity index (χ1v) is 6.59. The Morgan fingerprint density at radius 2 is 2.22 bits per heavy atom. The van der Waals surface area contributed by atoms with Crippen LogP contribution in [0.4, 0.5) is 5.82 Å². The van der Waals surface area contributed by atoms with Crippen molar-refractivity contribution in [1.82, 2.24) is 4.98 Å². The Hall–Kier alpha value is -1.29. The Morgan fingerprint density at radius 3 is 2.83 bits per heavy atom. The summed E-state index contributed by atoms with van der Waals surface area (Å²) < 4.78 is 0. The molecule has 1 saturated heterocycles. The number of aromatic nitrogens is 1. The first-order chi connectivity index (χ1) is 8.49. The zero-order valence-corrected chi connectivity index (χ0v) is 11.4. The summed E-state index contributed by atoms with van der Waals surface area (Å²) in [6.07, 6.45) is 3.86. The number of anilines is 1. The molecule has 2 rings (SSSR count). The average molecular weight is 268 g/mol. The van der Waals surface area contributed by atoms with Crippen LogP contribution in [-0.4, -0.2) is 23.5 Å². The van der Waals surface area contributed by atoms with E-state index in [1.54, 1.807) is 6.07 Å². The van der Waals surface area contributed by atoms with E-state index in [0.29, 0.717) is 22.5 Å². The molecule has 1 amide bonds. The highest BCUT2D eigenvalue weighted by atomic mass is 35.5. The maximum Gasteiger partial charge on any atom is 0.250 e. The molecule has 2 heterocycles. The summed E-state index contributed by atoms with van der Waals surface area (Å²) in [5.41, 5.74) is 5.56. The lowest BCUT2D eigenvalue weighted by atomic mass is 9.95. The van der Waals surface area contributed by atoms with Crippen molar-refractivity contribution >= 4 is 23.3 Å². The monoisotopic (exact) mass is 267 g/mol. The van der Waals surface area contributed by atoms with Gasteiger partial charge in [-0.05, 0) is 31.7 Å². The van der Waals surface area contributed by atoms with Gasteiger partial charge in [0.25, 0.3) is 0 Å². The Balaban J connectivity index is 2.30. The minimum atomic E-state index is -0.504. The number of pyridine rings is 1. The number of amides is 1. The molecule has 0 aromatic carbocycles. The van der Waals surface area contributed by atoms with E-state index in [1.807, 2.05) is 0 Å². The molecule has 4 nitrogen and oxygen atoms in total. The molecule has 1 aromatic rings. The van der Waals surface area contributed by atoms with Crippen molar-refractivity contribution in [3.05, 3.63) is 22.8 Å². The van der Waals surface area contributed by atoms with Crippen LogP contribution in [0, 0.1) is 5.92 Å². The molecule has 18 heavy (non-hydrogen) atoms. The van der Waals surface area contributed by atoms with E-state index in [9.17, 15) is 4.79 Å². The number of hydrogen-bond donors (Lipinski definition) is 1. The first-order valence-electron chi connectivity index (χ1n) is 6.21. The normalized spacial score (nSPS) is 24.1. The van der Waals surface area contributed by atoms with Crippen molar-refractivity contribution in [2.24, 2.45) is 11.7 Å². The standard InChI is InChI=1S/C13H18ClN3O/c1-8-3-4-9(2)17(7-8)13-11(14)5-10(6-16-13)12(15)18/h5-6,8-9H,3-4,7H2,1-2H3,(H2,15,18). The van der Waals surface area contributed by atoms with Crippen molar-refractivity contribution in [3.8, 4) is 0 Å². The van der Waals surface area contributed by atoms with E-state index < -0.39 is 5.91 Å². The zero-order valence-electron chi connectivity index (χ0n) is 10.7. The lowest BCUT2D eigenvalue weighted by Gasteiger charge is -2.38. The fourth-order valence-corrected chi connectivity index (χ4v) is 2.64. The summed E-state index contributed by atoms with van der Waals surface area (Å²) in [5, 5.41) is 0.493. The highest BCUT2D eigenvalue weighted by Gasteiger charge is 2.25. The van der Waals surface area contributed by atoms with E-state index in [2.05, 4.69) is 23.7 Å². The fourth-order valence-electron chi connectivity index (χ4n) is 2.36. The molecular formula is C13H18ClN3O. The maximum atomic E-state index is 11.1. The predicted octanol–water partition coefficient (Wildman–Crippen LogP) is 2.46. The summed E-state index contributed by atoms with van der Waals surface area (Å²) in [6.45, 7) is 5.35. The van der Waals surface area contributed by atoms with Crippen LogP contribution < -0.4 is 10.6 Å². The summed E-state index contributed by atoms with van der Waals surface area (Å²) in [5.74, 6) is 0.881. The third-order valence-electron chi connectivity index (χ3n) is 3.50. The highest BCUT2D eigenvalue weighted by molar-refractivity contribution is 6.33. The van der Waals surface area contributed by atoms with Gasteiger partial charge < -0.3 is 10.6 Å². The van der Waals surface area contributed by atoms with Gasteiger partial charge >= 0.3 is 0 Å². The SMILES string of the molecule is CC1CCC(C)N(c2ncc(C(N)=O)cc2Cl)C1. The number of rotatable bonds is 2. The minimum Gasteiger partial charge on any atom is -0.366 e. The molecule has 1 aromatic heterocycles. The van der Waals surface area contributed by atoms with E-state index in [1.165, 1.54) is 12.6 Å². The van der Waals surface area contributed by atoms with Crippen molar-refractivity contribution in [3.63, 3.8) is 0 Å². The van der Waals surface area contributed by atoms with E-state index in [4.69, 9.17) is 17.3 Å². The van der Waals surface area contributed by atoms with Crippen LogP contribution in [-0.2, 0) is 0 Å².